The van der Waals surface area contributed by atoms with E-state index < -0.39 is 0 Å². The summed E-state index contributed by atoms with van der Waals surface area (Å²) in [7, 11) is 0. The molecule has 15 heavy (non-hydrogen) atoms. The number of thiophene rings is 1. The largest absolute Gasteiger partial charge is 0.297 e. The van der Waals surface area contributed by atoms with Crippen LogP contribution in [0.3, 0.4) is 0 Å². The zero-order valence-corrected chi connectivity index (χ0v) is 9.89. The lowest BCUT2D eigenvalue weighted by Crippen LogP contribution is -2.06. The molecule has 0 spiro atoms. The SMILES string of the molecule is O=Cc1ccc(CCC2CCCCC2)s1. The van der Waals surface area contributed by atoms with E-state index >= 15 is 0 Å². The molecule has 0 amide bonds. The Bertz CT molecular complexity index is 310. The normalized spacial score (nSPS) is 17.9. The molecule has 0 bridgehead atoms. The number of hydrogen-bond acceptors (Lipinski definition) is 2. The molecule has 0 unspecified atom stereocenters. The minimum atomic E-state index is 0.869. The Morgan fingerprint density at radius 2 is 2.07 bits per heavy atom. The molecule has 2 heteroatoms. The van der Waals surface area contributed by atoms with Crippen LogP contribution in [0.1, 0.15) is 53.1 Å². The van der Waals surface area contributed by atoms with Crippen molar-refractivity contribution in [3.8, 4) is 0 Å². The number of aryl methyl sites for hydroxylation is 1. The van der Waals surface area contributed by atoms with Gasteiger partial charge in [0.2, 0.25) is 0 Å². The van der Waals surface area contributed by atoms with Crippen LogP contribution >= 0.6 is 11.3 Å². The molecule has 0 saturated heterocycles. The van der Waals surface area contributed by atoms with Crippen LogP contribution in [0, 0.1) is 5.92 Å². The van der Waals surface area contributed by atoms with Gasteiger partial charge >= 0.3 is 0 Å². The number of hydrogen-bond donors (Lipinski definition) is 0. The van der Waals surface area contributed by atoms with Crippen LogP contribution in [-0.2, 0) is 6.42 Å². The third-order valence-electron chi connectivity index (χ3n) is 3.32. The van der Waals surface area contributed by atoms with Crippen molar-refractivity contribution in [2.45, 2.75) is 44.9 Å². The van der Waals surface area contributed by atoms with Crippen LogP contribution in [0.15, 0.2) is 12.1 Å². The predicted octanol–water partition coefficient (Wildman–Crippen LogP) is 4.07. The molecule has 0 N–H and O–H groups in total. The Labute approximate surface area is 95.5 Å². The summed E-state index contributed by atoms with van der Waals surface area (Å²) >= 11 is 1.65. The van der Waals surface area contributed by atoms with Crippen LogP contribution in [0.4, 0.5) is 0 Å². The van der Waals surface area contributed by atoms with E-state index in [0.29, 0.717) is 0 Å². The van der Waals surface area contributed by atoms with Crippen molar-refractivity contribution in [2.24, 2.45) is 5.92 Å². The van der Waals surface area contributed by atoms with Gasteiger partial charge in [0, 0.05) is 4.88 Å². The van der Waals surface area contributed by atoms with Gasteiger partial charge in [0.1, 0.15) is 0 Å². The first-order valence-corrected chi connectivity index (χ1v) is 6.74. The molecule has 1 aromatic rings. The van der Waals surface area contributed by atoms with Gasteiger partial charge in [0.25, 0.3) is 0 Å². The molecule has 1 nitrogen and oxygen atoms in total. The van der Waals surface area contributed by atoms with Crippen LogP contribution in [0.5, 0.6) is 0 Å². The first-order valence-electron chi connectivity index (χ1n) is 5.92. The summed E-state index contributed by atoms with van der Waals surface area (Å²) in [6, 6.07) is 4.05. The van der Waals surface area contributed by atoms with E-state index in [0.717, 1.165) is 17.1 Å². The van der Waals surface area contributed by atoms with Crippen LogP contribution in [0.25, 0.3) is 0 Å². The van der Waals surface area contributed by atoms with Gasteiger partial charge in [0.05, 0.1) is 4.88 Å². The lowest BCUT2D eigenvalue weighted by molar-refractivity contribution is 0.112. The molecule has 0 atom stereocenters. The first kappa shape index (κ1) is 10.9. The standard InChI is InChI=1S/C13H18OS/c14-10-13-9-8-12(15-13)7-6-11-4-2-1-3-5-11/h8-11H,1-7H2. The van der Waals surface area contributed by atoms with Gasteiger partial charge in [-0.05, 0) is 30.9 Å². The average Bonchev–Trinajstić information content (AvgIpc) is 2.76. The molecule has 0 aromatic carbocycles. The fourth-order valence-corrected chi connectivity index (χ4v) is 3.26. The Morgan fingerprint density at radius 1 is 1.27 bits per heavy atom. The second kappa shape index (κ2) is 5.45. The molecule has 82 valence electrons. The third-order valence-corrected chi connectivity index (χ3v) is 4.39. The molecule has 0 radical (unpaired) electrons. The van der Waals surface area contributed by atoms with Crippen LogP contribution < -0.4 is 0 Å². The minimum absolute atomic E-state index is 0.869. The summed E-state index contributed by atoms with van der Waals surface area (Å²) in [5.41, 5.74) is 0. The van der Waals surface area contributed by atoms with Gasteiger partial charge in [-0.25, -0.2) is 0 Å². The Kier molecular flexibility index (Phi) is 3.95. The third kappa shape index (κ3) is 3.16. The van der Waals surface area contributed by atoms with Gasteiger partial charge in [-0.3, -0.25) is 4.79 Å². The van der Waals surface area contributed by atoms with Gasteiger partial charge in [-0.15, -0.1) is 11.3 Å². The molecular weight excluding hydrogens is 204 g/mol. The van der Waals surface area contributed by atoms with Crippen molar-refractivity contribution in [3.63, 3.8) is 0 Å². The number of carbonyl (C=O) groups excluding carboxylic acids is 1. The van der Waals surface area contributed by atoms with Crippen molar-refractivity contribution < 1.29 is 4.79 Å². The van der Waals surface area contributed by atoms with Crippen molar-refractivity contribution >= 4 is 17.6 Å². The highest BCUT2D eigenvalue weighted by Crippen LogP contribution is 2.28. The highest BCUT2D eigenvalue weighted by molar-refractivity contribution is 7.13. The molecular formula is C13H18OS. The molecule has 1 aliphatic rings. The van der Waals surface area contributed by atoms with E-state index in [9.17, 15) is 4.79 Å². The smallest absolute Gasteiger partial charge is 0.160 e. The van der Waals surface area contributed by atoms with E-state index in [1.54, 1.807) is 11.3 Å². The van der Waals surface area contributed by atoms with E-state index in [1.807, 2.05) is 6.07 Å². The Balaban J connectivity index is 1.79. The van der Waals surface area contributed by atoms with Gasteiger partial charge in [0.15, 0.2) is 6.29 Å². The molecule has 1 aliphatic carbocycles. The van der Waals surface area contributed by atoms with Gasteiger partial charge in [-0.1, -0.05) is 32.1 Å². The molecule has 1 fully saturated rings. The molecule has 0 aliphatic heterocycles. The predicted molar refractivity (Wildman–Crippen MR) is 64.6 cm³/mol. The lowest BCUT2D eigenvalue weighted by Gasteiger charge is -2.20. The summed E-state index contributed by atoms with van der Waals surface area (Å²) < 4.78 is 0. The average molecular weight is 222 g/mol. The topological polar surface area (TPSA) is 17.1 Å². The van der Waals surface area contributed by atoms with E-state index in [1.165, 1.54) is 49.8 Å². The first-order chi connectivity index (χ1) is 7.38. The van der Waals surface area contributed by atoms with Gasteiger partial charge in [-0.2, -0.15) is 0 Å². The fraction of sp³-hybridized carbons (Fsp3) is 0.615. The zero-order chi connectivity index (χ0) is 10.5. The minimum Gasteiger partial charge on any atom is -0.297 e. The molecule has 1 heterocycles. The van der Waals surface area contributed by atoms with Crippen molar-refractivity contribution in [2.75, 3.05) is 0 Å². The van der Waals surface area contributed by atoms with Crippen LogP contribution in [-0.4, -0.2) is 6.29 Å². The van der Waals surface area contributed by atoms with Crippen LogP contribution in [0.2, 0.25) is 0 Å². The van der Waals surface area contributed by atoms with Crippen molar-refractivity contribution in [1.29, 1.82) is 0 Å². The molecule has 1 aromatic heterocycles. The second-order valence-corrected chi connectivity index (χ2v) is 5.66. The van der Waals surface area contributed by atoms with E-state index in [4.69, 9.17) is 0 Å². The van der Waals surface area contributed by atoms with E-state index in [-0.39, 0.29) is 0 Å². The Morgan fingerprint density at radius 3 is 2.73 bits per heavy atom. The van der Waals surface area contributed by atoms with Crippen molar-refractivity contribution in [3.05, 3.63) is 21.9 Å². The highest BCUT2D eigenvalue weighted by atomic mass is 32.1. The number of rotatable bonds is 4. The Hall–Kier alpha value is -0.630. The maximum Gasteiger partial charge on any atom is 0.160 e. The number of aldehydes is 1. The zero-order valence-electron chi connectivity index (χ0n) is 9.08. The highest BCUT2D eigenvalue weighted by Gasteiger charge is 2.13. The monoisotopic (exact) mass is 222 g/mol. The maximum absolute atomic E-state index is 10.5. The number of carbonyl (C=O) groups is 1. The summed E-state index contributed by atoms with van der Waals surface area (Å²) in [4.78, 5) is 12.8. The summed E-state index contributed by atoms with van der Waals surface area (Å²) in [5, 5.41) is 0. The second-order valence-electron chi connectivity index (χ2n) is 4.46. The molecule has 2 rings (SSSR count). The summed E-state index contributed by atoms with van der Waals surface area (Å²) in [6.07, 6.45) is 10.6. The van der Waals surface area contributed by atoms with E-state index in [2.05, 4.69) is 6.07 Å². The quantitative estimate of drug-likeness (QED) is 0.702. The summed E-state index contributed by atoms with van der Waals surface area (Å²) in [5.74, 6) is 0.945. The summed E-state index contributed by atoms with van der Waals surface area (Å²) in [6.45, 7) is 0. The van der Waals surface area contributed by atoms with Crippen molar-refractivity contribution in [1.82, 2.24) is 0 Å². The lowest BCUT2D eigenvalue weighted by atomic mass is 9.86. The molecule has 1 saturated carbocycles. The fourth-order valence-electron chi connectivity index (χ4n) is 2.41. The maximum atomic E-state index is 10.5. The van der Waals surface area contributed by atoms with Gasteiger partial charge < -0.3 is 0 Å².